The van der Waals surface area contributed by atoms with E-state index in [1.807, 2.05) is 19.1 Å². The number of aromatic nitrogens is 2. The van der Waals surface area contributed by atoms with Crippen molar-refractivity contribution in [2.75, 3.05) is 17.6 Å². The van der Waals surface area contributed by atoms with Crippen LogP contribution in [-0.2, 0) is 16.3 Å². The van der Waals surface area contributed by atoms with Crippen molar-refractivity contribution in [3.05, 3.63) is 42.5 Å². The van der Waals surface area contributed by atoms with Gasteiger partial charge in [0, 0.05) is 25.4 Å². The van der Waals surface area contributed by atoms with Gasteiger partial charge in [-0.2, -0.15) is 0 Å². The summed E-state index contributed by atoms with van der Waals surface area (Å²) >= 11 is 0. The lowest BCUT2D eigenvalue weighted by Gasteiger charge is -2.12. The van der Waals surface area contributed by atoms with Crippen LogP contribution in [0.4, 0.5) is 5.69 Å². The Morgan fingerprint density at radius 1 is 1.29 bits per heavy atom. The van der Waals surface area contributed by atoms with Gasteiger partial charge in [-0.05, 0) is 25.0 Å². The Bertz CT molecular complexity index is 651. The van der Waals surface area contributed by atoms with Crippen molar-refractivity contribution in [3.63, 3.8) is 0 Å². The number of hydrogen-bond acceptors (Lipinski definition) is 4. The molecule has 6 heteroatoms. The fourth-order valence-electron chi connectivity index (χ4n) is 2.18. The zero-order valence-electron chi connectivity index (χ0n) is 12.2. The molecule has 0 bridgehead atoms. The summed E-state index contributed by atoms with van der Waals surface area (Å²) in [6.07, 6.45) is 5.87. The maximum Gasteiger partial charge on any atom is 0.180 e. The van der Waals surface area contributed by atoms with E-state index >= 15 is 0 Å². The van der Waals surface area contributed by atoms with Crippen molar-refractivity contribution in [1.82, 2.24) is 9.97 Å². The van der Waals surface area contributed by atoms with E-state index in [1.54, 1.807) is 24.5 Å². The smallest absolute Gasteiger partial charge is 0.180 e. The molecule has 0 aliphatic heterocycles. The third-order valence-corrected chi connectivity index (χ3v) is 5.13. The molecule has 114 valence electrons. The molecule has 1 heterocycles. The molecule has 0 aliphatic rings. The second-order valence-corrected chi connectivity index (χ2v) is 6.96. The van der Waals surface area contributed by atoms with Crippen LogP contribution < -0.4 is 5.32 Å². The van der Waals surface area contributed by atoms with E-state index in [-0.39, 0.29) is 5.75 Å². The number of hydrogen-bond donors (Lipinski definition) is 2. The third kappa shape index (κ3) is 4.32. The Kier molecular flexibility index (Phi) is 5.38. The minimum Gasteiger partial charge on any atom is -0.384 e. The fourth-order valence-corrected chi connectivity index (χ4v) is 3.69. The molecule has 0 fully saturated rings. The fraction of sp³-hybridized carbons (Fsp3) is 0.400. The van der Waals surface area contributed by atoms with Crippen LogP contribution in [-0.4, -0.2) is 30.7 Å². The van der Waals surface area contributed by atoms with Crippen molar-refractivity contribution in [2.45, 2.75) is 31.1 Å². The van der Waals surface area contributed by atoms with Gasteiger partial charge in [0.05, 0.1) is 16.3 Å². The van der Waals surface area contributed by atoms with Crippen molar-refractivity contribution < 1.29 is 8.42 Å². The molecule has 21 heavy (non-hydrogen) atoms. The van der Waals surface area contributed by atoms with Crippen LogP contribution in [0.2, 0.25) is 0 Å². The first kappa shape index (κ1) is 15.6. The van der Waals surface area contributed by atoms with Gasteiger partial charge in [-0.15, -0.1) is 0 Å². The summed E-state index contributed by atoms with van der Waals surface area (Å²) in [5.74, 6) is 1.13. The molecule has 2 aromatic rings. The first-order valence-electron chi connectivity index (χ1n) is 7.17. The molecule has 5 nitrogen and oxygen atoms in total. The van der Waals surface area contributed by atoms with Crippen LogP contribution in [0, 0.1) is 0 Å². The molecule has 0 saturated carbocycles. The number of aryl methyl sites for hydroxylation is 1. The number of aromatic amines is 1. The number of nitrogens with one attached hydrogen (secondary N) is 2. The zero-order chi connectivity index (χ0) is 15.1. The lowest BCUT2D eigenvalue weighted by Crippen LogP contribution is -2.11. The van der Waals surface area contributed by atoms with Crippen LogP contribution in [0.3, 0.4) is 0 Å². The number of nitrogens with zero attached hydrogens (tertiary/aromatic N) is 1. The van der Waals surface area contributed by atoms with Crippen LogP contribution in [0.25, 0.3) is 0 Å². The van der Waals surface area contributed by atoms with E-state index in [0.29, 0.717) is 23.5 Å². The molecule has 2 rings (SSSR count). The molecule has 2 N–H and O–H groups in total. The van der Waals surface area contributed by atoms with Crippen molar-refractivity contribution in [2.24, 2.45) is 0 Å². The summed E-state index contributed by atoms with van der Waals surface area (Å²) in [5, 5.41) is 3.22. The Balaban J connectivity index is 1.97. The quantitative estimate of drug-likeness (QED) is 0.735. The Labute approximate surface area is 125 Å². The molecule has 0 aliphatic carbocycles. The summed E-state index contributed by atoms with van der Waals surface area (Å²) in [6.45, 7) is 2.58. The highest BCUT2D eigenvalue weighted by molar-refractivity contribution is 7.91. The van der Waals surface area contributed by atoms with Gasteiger partial charge in [-0.1, -0.05) is 19.1 Å². The van der Waals surface area contributed by atoms with Gasteiger partial charge in [0.1, 0.15) is 5.82 Å². The summed E-state index contributed by atoms with van der Waals surface area (Å²) in [6, 6.07) is 7.09. The maximum absolute atomic E-state index is 12.2. The molecule has 1 aromatic heterocycles. The number of para-hydroxylation sites is 1. The van der Waals surface area contributed by atoms with E-state index in [1.165, 1.54) is 0 Å². The number of rotatable bonds is 8. The molecular weight excluding hydrogens is 286 g/mol. The van der Waals surface area contributed by atoms with Crippen LogP contribution in [0.15, 0.2) is 41.6 Å². The van der Waals surface area contributed by atoms with Gasteiger partial charge in [0.25, 0.3) is 0 Å². The second kappa shape index (κ2) is 7.26. The highest BCUT2D eigenvalue weighted by Gasteiger charge is 2.16. The largest absolute Gasteiger partial charge is 0.384 e. The number of anilines is 1. The molecule has 0 unspecified atom stereocenters. The average Bonchev–Trinajstić information content (AvgIpc) is 2.97. The van der Waals surface area contributed by atoms with Crippen LogP contribution in [0.5, 0.6) is 0 Å². The predicted octanol–water partition coefficient (Wildman–Crippen LogP) is 2.64. The molecule has 0 radical (unpaired) electrons. The van der Waals surface area contributed by atoms with E-state index < -0.39 is 9.84 Å². The number of H-pyrrole nitrogens is 1. The van der Waals surface area contributed by atoms with E-state index in [2.05, 4.69) is 15.3 Å². The molecule has 0 saturated heterocycles. The SMILES string of the molecule is CCCS(=O)(=O)c1ccccc1NCCCc1ncc[nH]1. The minimum absolute atomic E-state index is 0.179. The Hall–Kier alpha value is -1.82. The highest BCUT2D eigenvalue weighted by Crippen LogP contribution is 2.22. The van der Waals surface area contributed by atoms with E-state index in [9.17, 15) is 8.42 Å². The number of imidazole rings is 1. The van der Waals surface area contributed by atoms with Crippen LogP contribution in [0.1, 0.15) is 25.6 Å². The van der Waals surface area contributed by atoms with Gasteiger partial charge >= 0.3 is 0 Å². The summed E-state index contributed by atoms with van der Waals surface area (Å²) in [5.41, 5.74) is 0.686. The minimum atomic E-state index is -3.20. The normalized spacial score (nSPS) is 11.5. The molecule has 0 spiro atoms. The highest BCUT2D eigenvalue weighted by atomic mass is 32.2. The Morgan fingerprint density at radius 2 is 2.10 bits per heavy atom. The lowest BCUT2D eigenvalue weighted by molar-refractivity contribution is 0.595. The van der Waals surface area contributed by atoms with Crippen LogP contribution >= 0.6 is 0 Å². The van der Waals surface area contributed by atoms with E-state index in [4.69, 9.17) is 0 Å². The van der Waals surface area contributed by atoms with Gasteiger partial charge < -0.3 is 10.3 Å². The Morgan fingerprint density at radius 3 is 2.81 bits per heavy atom. The topological polar surface area (TPSA) is 74.8 Å². The average molecular weight is 307 g/mol. The molecule has 0 atom stereocenters. The molecular formula is C15H21N3O2S. The van der Waals surface area contributed by atoms with Gasteiger partial charge in [0.2, 0.25) is 0 Å². The van der Waals surface area contributed by atoms with E-state index in [0.717, 1.165) is 18.7 Å². The molecule has 1 aromatic carbocycles. The standard InChI is InChI=1S/C15H21N3O2S/c1-2-12-21(19,20)14-7-4-3-6-13(14)16-9-5-8-15-17-10-11-18-15/h3-4,6-7,10-11,16H,2,5,8-9,12H2,1H3,(H,17,18). The second-order valence-electron chi connectivity index (χ2n) is 4.88. The van der Waals surface area contributed by atoms with Gasteiger partial charge in [-0.25, -0.2) is 13.4 Å². The monoisotopic (exact) mass is 307 g/mol. The van der Waals surface area contributed by atoms with Gasteiger partial charge in [0.15, 0.2) is 9.84 Å². The summed E-state index contributed by atoms with van der Waals surface area (Å²) in [4.78, 5) is 7.61. The number of sulfone groups is 1. The zero-order valence-corrected chi connectivity index (χ0v) is 13.0. The molecule has 0 amide bonds. The lowest BCUT2D eigenvalue weighted by atomic mass is 10.2. The van der Waals surface area contributed by atoms with Crippen molar-refractivity contribution >= 4 is 15.5 Å². The van der Waals surface area contributed by atoms with Crippen molar-refractivity contribution in [3.8, 4) is 0 Å². The van der Waals surface area contributed by atoms with Crippen molar-refractivity contribution in [1.29, 1.82) is 0 Å². The number of benzene rings is 1. The summed E-state index contributed by atoms with van der Waals surface area (Å²) in [7, 11) is -3.20. The van der Waals surface area contributed by atoms with Gasteiger partial charge in [-0.3, -0.25) is 0 Å². The third-order valence-electron chi connectivity index (χ3n) is 3.16. The first-order chi connectivity index (χ1) is 10.1. The summed E-state index contributed by atoms with van der Waals surface area (Å²) < 4.78 is 24.4. The predicted molar refractivity (Wildman–Crippen MR) is 84.2 cm³/mol. The first-order valence-corrected chi connectivity index (χ1v) is 8.82. The maximum atomic E-state index is 12.2.